The molecule has 4 aromatic rings. The van der Waals surface area contributed by atoms with Gasteiger partial charge in [-0.15, -0.1) is 10.2 Å². The van der Waals surface area contributed by atoms with Crippen LogP contribution in [0.4, 0.5) is 5.69 Å². The molecule has 4 rings (SSSR count). The number of rotatable bonds is 10. The Labute approximate surface area is 201 Å². The maximum absolute atomic E-state index is 12.5. The lowest BCUT2D eigenvalue weighted by molar-refractivity contribution is -0.113. The van der Waals surface area contributed by atoms with Gasteiger partial charge in [-0.3, -0.25) is 9.36 Å². The summed E-state index contributed by atoms with van der Waals surface area (Å²) in [5, 5.41) is 11.6. The summed E-state index contributed by atoms with van der Waals surface area (Å²) in [4.78, 5) is 12.5. The molecule has 1 heterocycles. The molecule has 0 saturated carbocycles. The molecule has 0 unspecified atom stereocenters. The molecule has 1 N–H and O–H groups in total. The molecule has 3 aromatic carbocycles. The minimum atomic E-state index is -0.144. The lowest BCUT2D eigenvalue weighted by Crippen LogP contribution is -2.14. The Balaban J connectivity index is 1.29. The van der Waals surface area contributed by atoms with Crippen molar-refractivity contribution in [3.8, 4) is 28.7 Å². The fourth-order valence-corrected chi connectivity index (χ4v) is 3.81. The van der Waals surface area contributed by atoms with Gasteiger partial charge in [0.1, 0.15) is 29.3 Å². The average Bonchev–Trinajstić information content (AvgIpc) is 3.34. The van der Waals surface area contributed by atoms with Crippen LogP contribution in [0.1, 0.15) is 6.92 Å². The van der Waals surface area contributed by atoms with Gasteiger partial charge < -0.3 is 19.5 Å². The van der Waals surface area contributed by atoms with Crippen LogP contribution in [0.3, 0.4) is 0 Å². The van der Waals surface area contributed by atoms with E-state index in [0.717, 1.165) is 17.2 Å². The number of aromatic nitrogens is 3. The number of amides is 1. The number of methoxy groups -OCH3 is 1. The van der Waals surface area contributed by atoms with Gasteiger partial charge in [0.2, 0.25) is 5.91 Å². The molecular formula is C25H24N4O4S. The van der Waals surface area contributed by atoms with E-state index < -0.39 is 0 Å². The van der Waals surface area contributed by atoms with Crippen LogP contribution in [0.15, 0.2) is 84.3 Å². The van der Waals surface area contributed by atoms with Crippen LogP contribution in [0, 0.1) is 0 Å². The molecule has 0 fully saturated rings. The van der Waals surface area contributed by atoms with Gasteiger partial charge in [-0.05, 0) is 79.7 Å². The van der Waals surface area contributed by atoms with E-state index in [1.165, 1.54) is 11.8 Å². The van der Waals surface area contributed by atoms with Crippen LogP contribution in [0.5, 0.6) is 23.0 Å². The standard InChI is InChI=1S/C25H24N4O4S/c1-3-32-21-12-14-23(15-13-21)33-22-8-4-18(5-9-22)27-24(30)16-34-25-28-26-17-29(25)19-6-10-20(31-2)11-7-19/h4-15,17H,3,16H2,1-2H3,(H,27,30). The van der Waals surface area contributed by atoms with Gasteiger partial charge in [0, 0.05) is 11.4 Å². The molecule has 0 aliphatic heterocycles. The third kappa shape index (κ3) is 6.08. The van der Waals surface area contributed by atoms with Crippen molar-refractivity contribution in [2.24, 2.45) is 0 Å². The highest BCUT2D eigenvalue weighted by Gasteiger charge is 2.11. The molecule has 1 amide bonds. The van der Waals surface area contributed by atoms with Crippen molar-refractivity contribution in [1.82, 2.24) is 14.8 Å². The van der Waals surface area contributed by atoms with E-state index in [4.69, 9.17) is 14.2 Å². The molecule has 174 valence electrons. The first kappa shape index (κ1) is 23.2. The lowest BCUT2D eigenvalue weighted by Gasteiger charge is -2.09. The Kier molecular flexibility index (Phi) is 7.67. The predicted molar refractivity (Wildman–Crippen MR) is 131 cm³/mol. The smallest absolute Gasteiger partial charge is 0.234 e. The number of carbonyl (C=O) groups is 1. The lowest BCUT2D eigenvalue weighted by atomic mass is 10.3. The highest BCUT2D eigenvalue weighted by Crippen LogP contribution is 2.26. The summed E-state index contributed by atoms with van der Waals surface area (Å²) in [6, 6.07) is 22.2. The number of benzene rings is 3. The summed E-state index contributed by atoms with van der Waals surface area (Å²) in [7, 11) is 1.62. The second-order valence-corrected chi connectivity index (χ2v) is 7.99. The van der Waals surface area contributed by atoms with Gasteiger partial charge >= 0.3 is 0 Å². The van der Waals surface area contributed by atoms with Crippen molar-refractivity contribution in [2.75, 3.05) is 24.8 Å². The Morgan fingerprint density at radius 2 is 1.53 bits per heavy atom. The van der Waals surface area contributed by atoms with Crippen molar-refractivity contribution in [1.29, 1.82) is 0 Å². The Morgan fingerprint density at radius 1 is 0.912 bits per heavy atom. The van der Waals surface area contributed by atoms with Gasteiger partial charge in [-0.25, -0.2) is 0 Å². The maximum Gasteiger partial charge on any atom is 0.234 e. The summed E-state index contributed by atoms with van der Waals surface area (Å²) >= 11 is 1.31. The number of nitrogens with zero attached hydrogens (tertiary/aromatic N) is 3. The van der Waals surface area contributed by atoms with E-state index in [-0.39, 0.29) is 11.7 Å². The van der Waals surface area contributed by atoms with Crippen molar-refractivity contribution < 1.29 is 19.0 Å². The quantitative estimate of drug-likeness (QED) is 0.315. The van der Waals surface area contributed by atoms with Crippen LogP contribution < -0.4 is 19.5 Å². The molecule has 34 heavy (non-hydrogen) atoms. The fourth-order valence-electron chi connectivity index (χ4n) is 3.08. The Bertz CT molecular complexity index is 1210. The molecule has 9 heteroatoms. The zero-order valence-electron chi connectivity index (χ0n) is 18.8. The number of ether oxygens (including phenoxy) is 3. The molecule has 0 aliphatic rings. The zero-order chi connectivity index (χ0) is 23.8. The molecule has 0 saturated heterocycles. The summed E-state index contributed by atoms with van der Waals surface area (Å²) in [6.45, 7) is 2.56. The number of anilines is 1. The normalized spacial score (nSPS) is 10.5. The van der Waals surface area contributed by atoms with Crippen LogP contribution >= 0.6 is 11.8 Å². The van der Waals surface area contributed by atoms with Crippen molar-refractivity contribution in [2.45, 2.75) is 12.1 Å². The summed E-state index contributed by atoms with van der Waals surface area (Å²) in [5.74, 6) is 2.99. The Hall–Kier alpha value is -3.98. The second kappa shape index (κ2) is 11.2. The largest absolute Gasteiger partial charge is 0.497 e. The molecule has 1 aromatic heterocycles. The highest BCUT2D eigenvalue weighted by atomic mass is 32.2. The SMILES string of the molecule is CCOc1ccc(Oc2ccc(NC(=O)CSc3nncn3-c3ccc(OC)cc3)cc2)cc1. The number of hydrogen-bond donors (Lipinski definition) is 1. The van der Waals surface area contributed by atoms with E-state index in [1.807, 2.05) is 60.0 Å². The third-order valence-corrected chi connectivity index (χ3v) is 5.65. The first-order chi connectivity index (χ1) is 16.6. The molecule has 8 nitrogen and oxygen atoms in total. The molecule has 0 radical (unpaired) electrons. The average molecular weight is 477 g/mol. The number of hydrogen-bond acceptors (Lipinski definition) is 7. The van der Waals surface area contributed by atoms with Gasteiger partial charge in [0.25, 0.3) is 0 Å². The maximum atomic E-state index is 12.5. The van der Waals surface area contributed by atoms with Gasteiger partial charge in [-0.2, -0.15) is 0 Å². The van der Waals surface area contributed by atoms with E-state index in [0.29, 0.717) is 28.9 Å². The number of thioether (sulfide) groups is 1. The van der Waals surface area contributed by atoms with Gasteiger partial charge in [-0.1, -0.05) is 11.8 Å². The molecule has 0 aliphatic carbocycles. The van der Waals surface area contributed by atoms with E-state index >= 15 is 0 Å². The topological polar surface area (TPSA) is 87.5 Å². The van der Waals surface area contributed by atoms with Crippen LogP contribution in [0.25, 0.3) is 5.69 Å². The van der Waals surface area contributed by atoms with E-state index in [1.54, 1.807) is 37.7 Å². The van der Waals surface area contributed by atoms with Crippen molar-refractivity contribution in [3.05, 3.63) is 79.1 Å². The first-order valence-electron chi connectivity index (χ1n) is 10.6. The minimum absolute atomic E-state index is 0.144. The molecular weight excluding hydrogens is 452 g/mol. The number of nitrogens with one attached hydrogen (secondary N) is 1. The summed E-state index contributed by atoms with van der Waals surface area (Å²) in [6.07, 6.45) is 1.62. The summed E-state index contributed by atoms with van der Waals surface area (Å²) in [5.41, 5.74) is 1.57. The van der Waals surface area contributed by atoms with Crippen molar-refractivity contribution >= 4 is 23.4 Å². The zero-order valence-corrected chi connectivity index (χ0v) is 19.6. The highest BCUT2D eigenvalue weighted by molar-refractivity contribution is 7.99. The van der Waals surface area contributed by atoms with E-state index in [9.17, 15) is 4.79 Å². The van der Waals surface area contributed by atoms with E-state index in [2.05, 4.69) is 15.5 Å². The van der Waals surface area contributed by atoms with Crippen LogP contribution in [-0.4, -0.2) is 40.1 Å². The van der Waals surface area contributed by atoms with Gasteiger partial charge in [0.05, 0.1) is 19.5 Å². The fraction of sp³-hybridized carbons (Fsp3) is 0.160. The second-order valence-electron chi connectivity index (χ2n) is 7.05. The van der Waals surface area contributed by atoms with Crippen LogP contribution in [0.2, 0.25) is 0 Å². The molecule has 0 atom stereocenters. The Morgan fingerprint density at radius 3 is 2.18 bits per heavy atom. The minimum Gasteiger partial charge on any atom is -0.497 e. The molecule has 0 spiro atoms. The monoisotopic (exact) mass is 476 g/mol. The third-order valence-electron chi connectivity index (χ3n) is 4.71. The summed E-state index contributed by atoms with van der Waals surface area (Å²) < 4.78 is 18.3. The first-order valence-corrected chi connectivity index (χ1v) is 11.6. The molecule has 0 bridgehead atoms. The predicted octanol–water partition coefficient (Wildman–Crippen LogP) is 5.20. The van der Waals surface area contributed by atoms with Gasteiger partial charge in [0.15, 0.2) is 5.16 Å². The van der Waals surface area contributed by atoms with Crippen molar-refractivity contribution in [3.63, 3.8) is 0 Å². The number of carbonyl (C=O) groups excluding carboxylic acids is 1. The van der Waals surface area contributed by atoms with Crippen LogP contribution in [-0.2, 0) is 4.79 Å².